The Balaban J connectivity index is 1.75. The van der Waals surface area contributed by atoms with Gasteiger partial charge in [-0.05, 0) is 23.3 Å². The van der Waals surface area contributed by atoms with E-state index in [1.165, 1.54) is 0 Å². The lowest BCUT2D eigenvalue weighted by atomic mass is 10.2. The molecule has 0 heterocycles. The molecule has 0 saturated heterocycles. The molecule has 2 rings (SSSR count). The lowest BCUT2D eigenvalue weighted by molar-refractivity contribution is 1.32. The fraction of sp³-hybridized carbons (Fsp3) is 0. The van der Waals surface area contributed by atoms with Crippen molar-refractivity contribution in [2.24, 2.45) is 4.99 Å². The van der Waals surface area contributed by atoms with Crippen LogP contribution in [0.3, 0.4) is 0 Å². The molecule has 0 bridgehead atoms. The van der Waals surface area contributed by atoms with E-state index < -0.39 is 0 Å². The second kappa shape index (κ2) is 7.67. The Morgan fingerprint density at radius 3 is 1.95 bits per heavy atom. The number of nitrogens with one attached hydrogen (secondary N) is 1. The zero-order valence-corrected chi connectivity index (χ0v) is 10.6. The molecule has 2 nitrogen and oxygen atoms in total. The minimum atomic E-state index is 1.14. The van der Waals surface area contributed by atoms with Crippen LogP contribution in [0.2, 0.25) is 0 Å². The van der Waals surface area contributed by atoms with Crippen LogP contribution < -0.4 is 5.32 Å². The average Bonchev–Trinajstić information content (AvgIpc) is 2.48. The Hall–Kier alpha value is -2.61. The van der Waals surface area contributed by atoms with Gasteiger partial charge in [0, 0.05) is 12.4 Å². The van der Waals surface area contributed by atoms with Gasteiger partial charge in [0.15, 0.2) is 0 Å². The maximum absolute atomic E-state index is 4.13. The van der Waals surface area contributed by atoms with Gasteiger partial charge < -0.3 is 5.32 Å². The van der Waals surface area contributed by atoms with Crippen molar-refractivity contribution in [3.8, 4) is 0 Å². The number of hydrogen-bond donors (Lipinski definition) is 1. The quantitative estimate of drug-likeness (QED) is 0.629. The van der Waals surface area contributed by atoms with E-state index in [0.29, 0.717) is 0 Å². The Morgan fingerprint density at radius 2 is 1.32 bits per heavy atom. The largest absolute Gasteiger partial charge is 0.353 e. The van der Waals surface area contributed by atoms with Gasteiger partial charge in [-0.25, -0.2) is 4.99 Å². The molecule has 2 heteroatoms. The van der Waals surface area contributed by atoms with E-state index >= 15 is 0 Å². The molecule has 2 aromatic carbocycles. The highest BCUT2D eigenvalue weighted by molar-refractivity contribution is 5.61. The molecule has 0 aromatic heterocycles. The molecule has 2 aromatic rings. The highest BCUT2D eigenvalue weighted by Crippen LogP contribution is 2.00. The zero-order chi connectivity index (χ0) is 13.2. The summed E-state index contributed by atoms with van der Waals surface area (Å²) in [6.45, 7) is 0. The Morgan fingerprint density at radius 1 is 0.737 bits per heavy atom. The highest BCUT2D eigenvalue weighted by Gasteiger charge is 1.81. The number of nitrogens with zero attached hydrogens (tertiary/aromatic N) is 1. The van der Waals surface area contributed by atoms with Crippen molar-refractivity contribution < 1.29 is 0 Å². The average molecular weight is 248 g/mol. The second-order valence-corrected chi connectivity index (χ2v) is 3.92. The van der Waals surface area contributed by atoms with E-state index in [0.717, 1.165) is 11.1 Å². The molecule has 0 aliphatic rings. The molecule has 0 unspecified atom stereocenters. The third-order valence-corrected chi connectivity index (χ3v) is 2.47. The molecule has 0 fully saturated rings. The van der Waals surface area contributed by atoms with Crippen LogP contribution in [-0.2, 0) is 0 Å². The predicted octanol–water partition coefficient (Wildman–Crippen LogP) is 3.95. The SMILES string of the molecule is C(=Cc1ccccc1)N=CNC=Cc1ccccc1. The smallest absolute Gasteiger partial charge is 0.0918 e. The normalized spacial score (nSPS) is 11.6. The molecule has 0 amide bonds. The predicted molar refractivity (Wildman–Crippen MR) is 82.6 cm³/mol. The molecule has 94 valence electrons. The summed E-state index contributed by atoms with van der Waals surface area (Å²) in [5.74, 6) is 0. The third kappa shape index (κ3) is 5.04. The van der Waals surface area contributed by atoms with Crippen molar-refractivity contribution in [1.82, 2.24) is 5.32 Å². The lowest BCUT2D eigenvalue weighted by Gasteiger charge is -1.91. The first-order valence-corrected chi connectivity index (χ1v) is 6.16. The number of hydrogen-bond acceptors (Lipinski definition) is 1. The molecular formula is C17H16N2. The molecule has 0 aliphatic carbocycles. The van der Waals surface area contributed by atoms with Crippen molar-refractivity contribution >= 4 is 18.5 Å². The fourth-order valence-corrected chi connectivity index (χ4v) is 1.53. The van der Waals surface area contributed by atoms with Gasteiger partial charge in [0.05, 0.1) is 6.34 Å². The first-order chi connectivity index (χ1) is 9.45. The van der Waals surface area contributed by atoms with Crippen LogP contribution in [0, 0.1) is 0 Å². The van der Waals surface area contributed by atoms with Gasteiger partial charge in [0.1, 0.15) is 0 Å². The zero-order valence-electron chi connectivity index (χ0n) is 10.6. The molecule has 0 saturated carbocycles. The Bertz CT molecular complexity index is 554. The summed E-state index contributed by atoms with van der Waals surface area (Å²) in [5.41, 5.74) is 2.29. The molecule has 0 aliphatic heterocycles. The number of benzene rings is 2. The van der Waals surface area contributed by atoms with E-state index in [1.807, 2.05) is 79.0 Å². The lowest BCUT2D eigenvalue weighted by Crippen LogP contribution is -1.98. The van der Waals surface area contributed by atoms with Crippen LogP contribution in [0.4, 0.5) is 0 Å². The second-order valence-electron chi connectivity index (χ2n) is 3.92. The van der Waals surface area contributed by atoms with Crippen molar-refractivity contribution in [3.63, 3.8) is 0 Å². The van der Waals surface area contributed by atoms with E-state index in [4.69, 9.17) is 0 Å². The summed E-state index contributed by atoms with van der Waals surface area (Å²) in [5, 5.41) is 3.00. The summed E-state index contributed by atoms with van der Waals surface area (Å²) in [6, 6.07) is 20.2. The van der Waals surface area contributed by atoms with Gasteiger partial charge in [0.25, 0.3) is 0 Å². The minimum absolute atomic E-state index is 1.14. The summed E-state index contributed by atoms with van der Waals surface area (Å²) in [6.07, 6.45) is 9.22. The van der Waals surface area contributed by atoms with Gasteiger partial charge in [-0.3, -0.25) is 0 Å². The summed E-state index contributed by atoms with van der Waals surface area (Å²) >= 11 is 0. The monoisotopic (exact) mass is 248 g/mol. The third-order valence-electron chi connectivity index (χ3n) is 2.47. The number of aliphatic imine (C=N–C) groups is 1. The van der Waals surface area contributed by atoms with Crippen LogP contribution in [0.15, 0.2) is 78.1 Å². The van der Waals surface area contributed by atoms with E-state index in [-0.39, 0.29) is 0 Å². The maximum atomic E-state index is 4.13. The standard InChI is InChI=1S/C17H16N2/c1-3-7-16(8-4-1)11-13-18-15-19-14-12-17-9-5-2-6-10-17/h1-15H,(H,18,19). The van der Waals surface area contributed by atoms with E-state index in [1.54, 1.807) is 12.5 Å². The topological polar surface area (TPSA) is 24.4 Å². The van der Waals surface area contributed by atoms with Crippen LogP contribution in [0.25, 0.3) is 12.2 Å². The Kier molecular flexibility index (Phi) is 5.18. The first kappa shape index (κ1) is 12.8. The summed E-state index contributed by atoms with van der Waals surface area (Å²) < 4.78 is 0. The van der Waals surface area contributed by atoms with E-state index in [2.05, 4.69) is 10.3 Å². The van der Waals surface area contributed by atoms with Crippen molar-refractivity contribution in [1.29, 1.82) is 0 Å². The van der Waals surface area contributed by atoms with Gasteiger partial charge >= 0.3 is 0 Å². The minimum Gasteiger partial charge on any atom is -0.353 e. The van der Waals surface area contributed by atoms with Crippen LogP contribution in [0.1, 0.15) is 11.1 Å². The fourth-order valence-electron chi connectivity index (χ4n) is 1.53. The number of rotatable bonds is 5. The molecule has 19 heavy (non-hydrogen) atoms. The molecule has 1 N–H and O–H groups in total. The van der Waals surface area contributed by atoms with Crippen molar-refractivity contribution in [3.05, 3.63) is 84.2 Å². The molecule has 0 radical (unpaired) electrons. The first-order valence-electron chi connectivity index (χ1n) is 6.16. The van der Waals surface area contributed by atoms with Gasteiger partial charge in [-0.15, -0.1) is 0 Å². The Labute approximate surface area is 113 Å². The summed E-state index contributed by atoms with van der Waals surface area (Å²) in [4.78, 5) is 4.13. The van der Waals surface area contributed by atoms with Crippen LogP contribution >= 0.6 is 0 Å². The van der Waals surface area contributed by atoms with Crippen molar-refractivity contribution in [2.45, 2.75) is 0 Å². The molecule has 0 atom stereocenters. The highest BCUT2D eigenvalue weighted by atomic mass is 14.9. The van der Waals surface area contributed by atoms with Gasteiger partial charge in [0.2, 0.25) is 0 Å². The van der Waals surface area contributed by atoms with Crippen molar-refractivity contribution in [2.75, 3.05) is 0 Å². The van der Waals surface area contributed by atoms with Crippen LogP contribution in [-0.4, -0.2) is 6.34 Å². The molecule has 0 spiro atoms. The molecular weight excluding hydrogens is 232 g/mol. The van der Waals surface area contributed by atoms with Crippen LogP contribution in [0.5, 0.6) is 0 Å². The summed E-state index contributed by atoms with van der Waals surface area (Å²) in [7, 11) is 0. The maximum Gasteiger partial charge on any atom is 0.0918 e. The van der Waals surface area contributed by atoms with Gasteiger partial charge in [-0.1, -0.05) is 60.7 Å². The van der Waals surface area contributed by atoms with Gasteiger partial charge in [-0.2, -0.15) is 0 Å². The van der Waals surface area contributed by atoms with E-state index in [9.17, 15) is 0 Å².